The number of ether oxygens (including phenoxy) is 1. The predicted molar refractivity (Wildman–Crippen MR) is 54.8 cm³/mol. The fourth-order valence-electron chi connectivity index (χ4n) is 0.746. The van der Waals surface area contributed by atoms with E-state index in [4.69, 9.17) is 4.74 Å². The zero-order valence-electron chi connectivity index (χ0n) is 7.11. The van der Waals surface area contributed by atoms with Crippen LogP contribution in [0.25, 0.3) is 0 Å². The van der Waals surface area contributed by atoms with Crippen LogP contribution in [0.4, 0.5) is 0 Å². The Morgan fingerprint density at radius 3 is 2.83 bits per heavy atom. The molecular weight excluding hydrogens is 190 g/mol. The first-order chi connectivity index (χ1) is 5.86. The lowest BCUT2D eigenvalue weighted by Crippen LogP contribution is -1.93. The molecule has 0 aliphatic heterocycles. The van der Waals surface area contributed by atoms with Gasteiger partial charge in [0.05, 0.1) is 6.61 Å². The van der Waals surface area contributed by atoms with Gasteiger partial charge in [0.15, 0.2) is 0 Å². The van der Waals surface area contributed by atoms with Crippen LogP contribution in [-0.2, 0) is 0 Å². The molecule has 0 aliphatic rings. The smallest absolute Gasteiger partial charge is 0.213 e. The van der Waals surface area contributed by atoms with Crippen molar-refractivity contribution in [2.45, 2.75) is 11.8 Å². The molecule has 12 heavy (non-hydrogen) atoms. The molecule has 1 heterocycles. The molecule has 0 aromatic carbocycles. The Morgan fingerprint density at radius 1 is 1.50 bits per heavy atom. The Kier molecular flexibility index (Phi) is 4.32. The molecule has 0 unspecified atom stereocenters. The third kappa shape index (κ3) is 2.95. The first-order valence-corrected chi connectivity index (χ1v) is 6.22. The van der Waals surface area contributed by atoms with E-state index in [0.717, 1.165) is 4.90 Å². The average Bonchev–Trinajstić information content (AvgIpc) is 2.09. The number of hydrogen-bond donors (Lipinski definition) is 0. The number of aromatic nitrogens is 1. The molecule has 0 amide bonds. The lowest BCUT2D eigenvalue weighted by atomic mass is 10.5. The zero-order chi connectivity index (χ0) is 8.81. The molecule has 4 heteroatoms. The van der Waals surface area contributed by atoms with E-state index in [1.165, 1.54) is 0 Å². The zero-order valence-corrected chi connectivity index (χ0v) is 8.74. The molecule has 0 saturated heterocycles. The minimum Gasteiger partial charge on any atom is -0.478 e. The van der Waals surface area contributed by atoms with Gasteiger partial charge in [0.25, 0.3) is 0 Å². The molecule has 1 rings (SSSR count). The van der Waals surface area contributed by atoms with E-state index in [-0.39, 0.29) is 0 Å². The maximum atomic E-state index is 5.21. The molecule has 66 valence electrons. The summed E-state index contributed by atoms with van der Waals surface area (Å²) in [6.07, 6.45) is 3.87. The van der Waals surface area contributed by atoms with Gasteiger partial charge in [-0.2, -0.15) is 0 Å². The Bertz CT molecular complexity index is 200. The van der Waals surface area contributed by atoms with Gasteiger partial charge in [-0.15, -0.1) is 0 Å². The summed E-state index contributed by atoms with van der Waals surface area (Å²) in [6.45, 7) is 2.62. The standard InChI is InChI=1S/C8H11NOS2/c1-3-10-8-5-4-7(6-9-8)12-11-2/h4-6H,3H2,1-2H3. The minimum absolute atomic E-state index is 0.669. The van der Waals surface area contributed by atoms with Crippen molar-refractivity contribution in [3.63, 3.8) is 0 Å². The first-order valence-electron chi connectivity index (χ1n) is 3.66. The van der Waals surface area contributed by atoms with Gasteiger partial charge >= 0.3 is 0 Å². The van der Waals surface area contributed by atoms with Gasteiger partial charge in [0.2, 0.25) is 5.88 Å². The molecule has 2 nitrogen and oxygen atoms in total. The summed E-state index contributed by atoms with van der Waals surface area (Å²) >= 11 is 0. The van der Waals surface area contributed by atoms with Gasteiger partial charge < -0.3 is 4.74 Å². The monoisotopic (exact) mass is 201 g/mol. The summed E-state index contributed by atoms with van der Waals surface area (Å²) in [5, 5.41) is 0. The number of rotatable bonds is 4. The van der Waals surface area contributed by atoms with E-state index in [0.29, 0.717) is 12.5 Å². The summed E-state index contributed by atoms with van der Waals surface area (Å²) in [5.41, 5.74) is 0. The molecule has 1 aromatic heterocycles. The van der Waals surface area contributed by atoms with Crippen LogP contribution in [0.1, 0.15) is 6.92 Å². The SMILES string of the molecule is CCOc1ccc(SSC)cn1. The third-order valence-electron chi connectivity index (χ3n) is 1.18. The summed E-state index contributed by atoms with van der Waals surface area (Å²) < 4.78 is 5.21. The lowest BCUT2D eigenvalue weighted by Gasteiger charge is -2.01. The van der Waals surface area contributed by atoms with Crippen LogP contribution in [0.5, 0.6) is 5.88 Å². The first kappa shape index (κ1) is 9.74. The van der Waals surface area contributed by atoms with Gasteiger partial charge in [-0.25, -0.2) is 4.98 Å². The van der Waals surface area contributed by atoms with E-state index >= 15 is 0 Å². The predicted octanol–water partition coefficient (Wildman–Crippen LogP) is 2.85. The highest BCUT2D eigenvalue weighted by molar-refractivity contribution is 8.76. The van der Waals surface area contributed by atoms with E-state index in [9.17, 15) is 0 Å². The topological polar surface area (TPSA) is 22.1 Å². The van der Waals surface area contributed by atoms with Crippen molar-refractivity contribution in [3.05, 3.63) is 18.3 Å². The Balaban J connectivity index is 2.58. The van der Waals surface area contributed by atoms with Crippen LogP contribution >= 0.6 is 21.6 Å². The number of nitrogens with zero attached hydrogens (tertiary/aromatic N) is 1. The van der Waals surface area contributed by atoms with Crippen molar-refractivity contribution < 1.29 is 4.74 Å². The molecule has 0 aliphatic carbocycles. The van der Waals surface area contributed by atoms with Crippen LogP contribution in [0, 0.1) is 0 Å². The highest BCUT2D eigenvalue weighted by Gasteiger charge is 1.94. The van der Waals surface area contributed by atoms with E-state index < -0.39 is 0 Å². The number of pyridine rings is 1. The third-order valence-corrected chi connectivity index (χ3v) is 2.86. The molecule has 0 N–H and O–H groups in total. The van der Waals surface area contributed by atoms with Crippen molar-refractivity contribution in [2.24, 2.45) is 0 Å². The van der Waals surface area contributed by atoms with Crippen LogP contribution in [0.15, 0.2) is 23.2 Å². The normalized spacial score (nSPS) is 9.83. The molecule has 0 saturated carbocycles. The van der Waals surface area contributed by atoms with Gasteiger partial charge in [-0.1, -0.05) is 21.6 Å². The van der Waals surface area contributed by atoms with Crippen LogP contribution in [0.2, 0.25) is 0 Å². The maximum Gasteiger partial charge on any atom is 0.213 e. The minimum atomic E-state index is 0.669. The van der Waals surface area contributed by atoms with Crippen molar-refractivity contribution in [2.75, 3.05) is 12.9 Å². The fraction of sp³-hybridized carbons (Fsp3) is 0.375. The molecular formula is C8H11NOS2. The van der Waals surface area contributed by atoms with E-state index in [2.05, 4.69) is 4.98 Å². The van der Waals surface area contributed by atoms with Crippen LogP contribution in [-0.4, -0.2) is 17.8 Å². The van der Waals surface area contributed by atoms with Gasteiger partial charge in [0, 0.05) is 17.2 Å². The van der Waals surface area contributed by atoms with Crippen molar-refractivity contribution in [1.82, 2.24) is 4.98 Å². The summed E-state index contributed by atoms with van der Waals surface area (Å²) in [6, 6.07) is 3.90. The molecule has 0 fully saturated rings. The van der Waals surface area contributed by atoms with Gasteiger partial charge in [0.1, 0.15) is 0 Å². The molecule has 0 radical (unpaired) electrons. The van der Waals surface area contributed by atoms with Gasteiger partial charge in [-0.05, 0) is 19.2 Å². The largest absolute Gasteiger partial charge is 0.478 e. The maximum absolute atomic E-state index is 5.21. The van der Waals surface area contributed by atoms with Crippen molar-refractivity contribution in [3.8, 4) is 5.88 Å². The molecule has 0 atom stereocenters. The quantitative estimate of drug-likeness (QED) is 0.698. The second-order valence-corrected chi connectivity index (χ2v) is 4.49. The summed E-state index contributed by atoms with van der Waals surface area (Å²) in [4.78, 5) is 5.29. The van der Waals surface area contributed by atoms with E-state index in [1.807, 2.05) is 31.5 Å². The number of hydrogen-bond acceptors (Lipinski definition) is 4. The average molecular weight is 201 g/mol. The Labute approximate surface area is 80.5 Å². The molecule has 1 aromatic rings. The Morgan fingerprint density at radius 2 is 2.33 bits per heavy atom. The highest BCUT2D eigenvalue weighted by Crippen LogP contribution is 2.28. The van der Waals surface area contributed by atoms with Crippen molar-refractivity contribution in [1.29, 1.82) is 0 Å². The second kappa shape index (κ2) is 5.32. The summed E-state index contributed by atoms with van der Waals surface area (Å²) in [7, 11) is 3.41. The lowest BCUT2D eigenvalue weighted by molar-refractivity contribution is 0.326. The van der Waals surface area contributed by atoms with Crippen LogP contribution in [0.3, 0.4) is 0 Å². The summed E-state index contributed by atoms with van der Waals surface area (Å²) in [5.74, 6) is 0.697. The van der Waals surface area contributed by atoms with Gasteiger partial charge in [-0.3, -0.25) is 0 Å². The second-order valence-electron chi connectivity index (χ2n) is 2.02. The highest BCUT2D eigenvalue weighted by atomic mass is 33.1. The van der Waals surface area contributed by atoms with E-state index in [1.54, 1.807) is 21.6 Å². The fourth-order valence-corrected chi connectivity index (χ4v) is 2.03. The molecule has 0 spiro atoms. The Hall–Kier alpha value is -0.350. The van der Waals surface area contributed by atoms with Crippen LogP contribution < -0.4 is 4.74 Å². The van der Waals surface area contributed by atoms with Crippen molar-refractivity contribution >= 4 is 21.6 Å². The molecule has 0 bridgehead atoms.